The topological polar surface area (TPSA) is 120 Å². The Balaban J connectivity index is 1.43. The van der Waals surface area contributed by atoms with Crippen LogP contribution in [0.25, 0.3) is 0 Å². The number of nitrogens with zero attached hydrogens (tertiary/aromatic N) is 2. The summed E-state index contributed by atoms with van der Waals surface area (Å²) in [5.74, 6) is -3.49. The molecule has 45 heavy (non-hydrogen) atoms. The quantitative estimate of drug-likeness (QED) is 0.162. The number of carbonyl (C=O) groups is 2. The Morgan fingerprint density at radius 1 is 1.00 bits per heavy atom. The van der Waals surface area contributed by atoms with Gasteiger partial charge in [-0.25, -0.2) is 8.78 Å². The lowest BCUT2D eigenvalue weighted by Gasteiger charge is -2.29. The lowest BCUT2D eigenvalue weighted by atomic mass is 10.1. The van der Waals surface area contributed by atoms with Crippen LogP contribution < -0.4 is 25.6 Å². The molecule has 242 valence electrons. The van der Waals surface area contributed by atoms with Crippen LogP contribution >= 0.6 is 15.9 Å². The Morgan fingerprint density at radius 2 is 1.73 bits per heavy atom. The number of ether oxygens (including phenoxy) is 4. The number of benzene rings is 2. The van der Waals surface area contributed by atoms with Crippen molar-refractivity contribution in [3.8, 4) is 11.5 Å². The molecular formula is C31H35BrF2N4O7. The fourth-order valence-corrected chi connectivity index (χ4v) is 4.57. The van der Waals surface area contributed by atoms with Gasteiger partial charge in [0.05, 0.1) is 19.8 Å². The van der Waals surface area contributed by atoms with Crippen LogP contribution in [0.4, 0.5) is 8.78 Å². The molecule has 14 heteroatoms. The number of halogens is 3. The van der Waals surface area contributed by atoms with Crippen LogP contribution in [0.5, 0.6) is 11.5 Å². The maximum Gasteiger partial charge on any atom is 0.277 e. The van der Waals surface area contributed by atoms with Crippen molar-refractivity contribution in [1.82, 2.24) is 14.9 Å². The number of rotatable bonds is 17. The maximum atomic E-state index is 14.8. The molecule has 0 spiro atoms. The van der Waals surface area contributed by atoms with E-state index < -0.39 is 35.4 Å². The summed E-state index contributed by atoms with van der Waals surface area (Å²) in [6.45, 7) is 1.67. The molecule has 2 aromatic carbocycles. The molecule has 0 bridgehead atoms. The molecular weight excluding hydrogens is 658 g/mol. The second kappa shape index (κ2) is 16.9. The highest BCUT2D eigenvalue weighted by Crippen LogP contribution is 2.25. The van der Waals surface area contributed by atoms with Gasteiger partial charge in [-0.15, -0.1) is 0 Å². The number of hydrogen-bond donors (Lipinski definition) is 2. The van der Waals surface area contributed by atoms with Crippen molar-refractivity contribution >= 4 is 27.7 Å². The highest BCUT2D eigenvalue weighted by atomic mass is 79.9. The molecule has 0 saturated carbocycles. The van der Waals surface area contributed by atoms with Gasteiger partial charge in [0.2, 0.25) is 5.43 Å². The normalized spacial score (nSPS) is 12.4. The van der Waals surface area contributed by atoms with E-state index in [1.54, 1.807) is 31.3 Å². The molecule has 0 aliphatic carbocycles. The Bertz CT molecular complexity index is 1520. The highest BCUT2D eigenvalue weighted by Gasteiger charge is 2.30. The second-order valence-electron chi connectivity index (χ2n) is 10.0. The van der Waals surface area contributed by atoms with E-state index in [1.807, 2.05) is 6.07 Å². The number of hydrogen-bond acceptors (Lipinski definition) is 8. The predicted octanol–water partition coefficient (Wildman–Crippen LogP) is 3.81. The summed E-state index contributed by atoms with van der Waals surface area (Å²) in [4.78, 5) is 41.1. The third kappa shape index (κ3) is 9.25. The fourth-order valence-electron chi connectivity index (χ4n) is 4.34. The largest absolute Gasteiger partial charge is 0.493 e. The van der Waals surface area contributed by atoms with E-state index in [0.717, 1.165) is 23.4 Å². The minimum Gasteiger partial charge on any atom is -0.493 e. The fraction of sp³-hybridized carbons (Fsp3) is 0.387. The number of pyridine rings is 1. The average Bonchev–Trinajstić information content (AvgIpc) is 3.03. The molecule has 0 saturated heterocycles. The molecule has 0 unspecified atom stereocenters. The van der Waals surface area contributed by atoms with Crippen molar-refractivity contribution < 1.29 is 37.3 Å². The zero-order valence-electron chi connectivity index (χ0n) is 24.8. The van der Waals surface area contributed by atoms with Gasteiger partial charge in [0.25, 0.3) is 11.8 Å². The van der Waals surface area contributed by atoms with Crippen LogP contribution in [0.15, 0.2) is 53.5 Å². The molecule has 0 atom stereocenters. The van der Waals surface area contributed by atoms with Crippen molar-refractivity contribution in [3.63, 3.8) is 0 Å². The number of nitrogens with one attached hydrogen (secondary N) is 2. The van der Waals surface area contributed by atoms with E-state index in [-0.39, 0.29) is 48.2 Å². The Hall–Kier alpha value is -4.01. The molecule has 0 radical (unpaired) electrons. The highest BCUT2D eigenvalue weighted by molar-refractivity contribution is 9.09. The van der Waals surface area contributed by atoms with E-state index in [9.17, 15) is 23.2 Å². The minimum atomic E-state index is -0.925. The smallest absolute Gasteiger partial charge is 0.277 e. The van der Waals surface area contributed by atoms with E-state index in [2.05, 4.69) is 26.7 Å². The number of aromatic nitrogens is 1. The van der Waals surface area contributed by atoms with Crippen LogP contribution in [0.3, 0.4) is 0 Å². The molecule has 2 amide bonds. The minimum absolute atomic E-state index is 0.0249. The van der Waals surface area contributed by atoms with E-state index in [1.165, 1.54) is 15.8 Å². The number of amides is 2. The summed E-state index contributed by atoms with van der Waals surface area (Å²) in [6, 6.07) is 10.7. The Morgan fingerprint density at radius 3 is 2.47 bits per heavy atom. The van der Waals surface area contributed by atoms with Crippen LogP contribution in [0.1, 0.15) is 44.8 Å². The van der Waals surface area contributed by atoms with Gasteiger partial charge < -0.3 is 34.6 Å². The standard InChI is InChI=1S/C31H35BrF2N4O7/c1-37-20-36-38-18-24(28(39)29(27(38)31(37)41)45-19-21-7-3-2-4-8-21)30(40)35-17-23-25(34)15-22(33)16-26(23)44-12-6-11-43-14-13-42-10-5-9-32/h2-4,7-8,15-16,18,36H,5-6,9-14,17,19-20H2,1H3,(H,35,40). The molecule has 4 rings (SSSR count). The Kier molecular flexibility index (Phi) is 12.7. The van der Waals surface area contributed by atoms with Crippen molar-refractivity contribution in [2.45, 2.75) is 26.0 Å². The molecule has 11 nitrogen and oxygen atoms in total. The summed E-state index contributed by atoms with van der Waals surface area (Å²) in [5.41, 5.74) is 2.37. The summed E-state index contributed by atoms with van der Waals surface area (Å²) in [6.07, 6.45) is 2.55. The lowest BCUT2D eigenvalue weighted by molar-refractivity contribution is 0.0440. The Labute approximate surface area is 267 Å². The van der Waals surface area contributed by atoms with Gasteiger partial charge in [-0.3, -0.25) is 19.1 Å². The van der Waals surface area contributed by atoms with Crippen molar-refractivity contribution in [1.29, 1.82) is 0 Å². The first-order valence-electron chi connectivity index (χ1n) is 14.4. The molecule has 3 aromatic rings. The van der Waals surface area contributed by atoms with Gasteiger partial charge in [-0.2, -0.15) is 0 Å². The SMILES string of the molecule is CN1CNn2cc(C(=O)NCc3c(F)cc(F)cc3OCCCOCCOCCCBr)c(=O)c(OCc3ccccc3)c2C1=O. The number of fused-ring (bicyclic) bond motifs is 1. The van der Waals surface area contributed by atoms with Gasteiger partial charge in [0, 0.05) is 62.5 Å². The van der Waals surface area contributed by atoms with Crippen LogP contribution in [-0.4, -0.2) is 73.5 Å². The van der Waals surface area contributed by atoms with Crippen LogP contribution in [-0.2, 0) is 22.6 Å². The summed E-state index contributed by atoms with van der Waals surface area (Å²) < 4.78 is 52.4. The number of carbonyl (C=O) groups excluding carboxylic acids is 2. The first kappa shape index (κ1) is 33.9. The monoisotopic (exact) mass is 692 g/mol. The first-order chi connectivity index (χ1) is 21.8. The van der Waals surface area contributed by atoms with Gasteiger partial charge in [0.15, 0.2) is 11.4 Å². The molecule has 1 aliphatic heterocycles. The maximum absolute atomic E-state index is 14.8. The van der Waals surface area contributed by atoms with Gasteiger partial charge in [0.1, 0.15) is 36.2 Å². The van der Waals surface area contributed by atoms with Crippen LogP contribution in [0, 0.1) is 11.6 Å². The van der Waals surface area contributed by atoms with E-state index in [4.69, 9.17) is 18.9 Å². The molecule has 1 aliphatic rings. The van der Waals surface area contributed by atoms with Crippen LogP contribution in [0.2, 0.25) is 0 Å². The molecule has 2 heterocycles. The zero-order valence-corrected chi connectivity index (χ0v) is 26.4. The summed E-state index contributed by atoms with van der Waals surface area (Å²) >= 11 is 3.33. The first-order valence-corrected chi connectivity index (χ1v) is 15.5. The number of alkyl halides is 1. The molecule has 0 fully saturated rings. The summed E-state index contributed by atoms with van der Waals surface area (Å²) in [5, 5.41) is 3.38. The van der Waals surface area contributed by atoms with E-state index in [0.29, 0.717) is 38.9 Å². The summed E-state index contributed by atoms with van der Waals surface area (Å²) in [7, 11) is 1.55. The average molecular weight is 694 g/mol. The van der Waals surface area contributed by atoms with Gasteiger partial charge in [-0.1, -0.05) is 46.3 Å². The zero-order chi connectivity index (χ0) is 32.2. The molecule has 1 aromatic heterocycles. The third-order valence-corrected chi connectivity index (χ3v) is 7.25. The third-order valence-electron chi connectivity index (χ3n) is 6.69. The van der Waals surface area contributed by atoms with Gasteiger partial charge >= 0.3 is 0 Å². The van der Waals surface area contributed by atoms with E-state index >= 15 is 0 Å². The lowest BCUT2D eigenvalue weighted by Crippen LogP contribution is -2.45. The predicted molar refractivity (Wildman–Crippen MR) is 165 cm³/mol. The van der Waals surface area contributed by atoms with Crippen molar-refractivity contribution in [3.05, 3.63) is 92.9 Å². The van der Waals surface area contributed by atoms with Gasteiger partial charge in [-0.05, 0) is 12.0 Å². The van der Waals surface area contributed by atoms with Crippen molar-refractivity contribution in [2.75, 3.05) is 57.5 Å². The van der Waals surface area contributed by atoms with Crippen molar-refractivity contribution in [2.24, 2.45) is 0 Å². The second-order valence-corrected chi connectivity index (χ2v) is 10.8. The molecule has 2 N–H and O–H groups in total.